The molecular formula is C23H35NO2. The maximum Gasteiger partial charge on any atom is 0.0900 e. The lowest BCUT2D eigenvalue weighted by molar-refractivity contribution is -0.0301. The standard InChI is InChI=1S/C23H35NO2/c1-22(2)11-18-12-23(3,15-22)16-24(18)13-19(25)14-26-21-10-6-8-17-7-4-5-9-20(17)21/h4-5,7,9,18-19,21,25H,6,8,10-16H2,1-3H3. The molecule has 144 valence electrons. The van der Waals surface area contributed by atoms with Crippen LogP contribution in [-0.2, 0) is 11.2 Å². The first-order valence-corrected chi connectivity index (χ1v) is 10.5. The molecule has 4 atom stereocenters. The van der Waals surface area contributed by atoms with Gasteiger partial charge < -0.3 is 9.84 Å². The fourth-order valence-corrected chi connectivity index (χ4v) is 6.22. The third kappa shape index (κ3) is 3.85. The predicted molar refractivity (Wildman–Crippen MR) is 105 cm³/mol. The first-order chi connectivity index (χ1) is 12.3. The number of hydrogen-bond donors (Lipinski definition) is 1. The van der Waals surface area contributed by atoms with Crippen LogP contribution in [0.3, 0.4) is 0 Å². The van der Waals surface area contributed by atoms with Gasteiger partial charge in [-0.25, -0.2) is 0 Å². The lowest BCUT2D eigenvalue weighted by atomic mass is 9.65. The molecule has 3 nitrogen and oxygen atoms in total. The zero-order valence-corrected chi connectivity index (χ0v) is 16.7. The van der Waals surface area contributed by atoms with E-state index in [0.717, 1.165) is 25.9 Å². The molecule has 0 radical (unpaired) electrons. The molecule has 0 amide bonds. The smallest absolute Gasteiger partial charge is 0.0900 e. The average molecular weight is 358 g/mol. The molecule has 1 aromatic rings. The van der Waals surface area contributed by atoms with Gasteiger partial charge in [0.1, 0.15) is 0 Å². The van der Waals surface area contributed by atoms with Crippen molar-refractivity contribution >= 4 is 0 Å². The largest absolute Gasteiger partial charge is 0.389 e. The van der Waals surface area contributed by atoms with Crippen LogP contribution in [0.5, 0.6) is 0 Å². The summed E-state index contributed by atoms with van der Waals surface area (Å²) >= 11 is 0. The molecule has 3 heteroatoms. The highest BCUT2D eigenvalue weighted by Crippen LogP contribution is 2.52. The van der Waals surface area contributed by atoms with Gasteiger partial charge in [0.05, 0.1) is 18.8 Å². The highest BCUT2D eigenvalue weighted by molar-refractivity contribution is 5.31. The van der Waals surface area contributed by atoms with Gasteiger partial charge in [-0.1, -0.05) is 45.0 Å². The Hall–Kier alpha value is -0.900. The molecule has 2 fully saturated rings. The van der Waals surface area contributed by atoms with E-state index in [-0.39, 0.29) is 6.10 Å². The van der Waals surface area contributed by atoms with Crippen LogP contribution >= 0.6 is 0 Å². The molecule has 1 aliphatic heterocycles. The highest BCUT2D eigenvalue weighted by Gasteiger charge is 2.49. The Morgan fingerprint density at radius 3 is 2.88 bits per heavy atom. The molecule has 1 N–H and O–H groups in total. The Labute approximate surface area is 158 Å². The second kappa shape index (κ2) is 6.92. The van der Waals surface area contributed by atoms with Crippen LogP contribution in [0.25, 0.3) is 0 Å². The summed E-state index contributed by atoms with van der Waals surface area (Å²) in [6.45, 7) is 9.57. The topological polar surface area (TPSA) is 32.7 Å². The predicted octanol–water partition coefficient (Wildman–Crippen LogP) is 4.34. The van der Waals surface area contributed by atoms with Crippen molar-refractivity contribution in [2.24, 2.45) is 10.8 Å². The summed E-state index contributed by atoms with van der Waals surface area (Å²) in [5.41, 5.74) is 3.61. The molecule has 0 spiro atoms. The molecule has 3 aliphatic rings. The Morgan fingerprint density at radius 2 is 2.04 bits per heavy atom. The van der Waals surface area contributed by atoms with Gasteiger partial charge in [-0.05, 0) is 60.5 Å². The van der Waals surface area contributed by atoms with Gasteiger partial charge in [-0.15, -0.1) is 0 Å². The van der Waals surface area contributed by atoms with Gasteiger partial charge in [-0.3, -0.25) is 4.90 Å². The summed E-state index contributed by atoms with van der Waals surface area (Å²) in [6.07, 6.45) is 7.02. The van der Waals surface area contributed by atoms with Crippen molar-refractivity contribution in [3.05, 3.63) is 35.4 Å². The Balaban J connectivity index is 1.32. The number of rotatable bonds is 5. The Morgan fingerprint density at radius 1 is 1.23 bits per heavy atom. The van der Waals surface area contributed by atoms with Crippen LogP contribution in [0, 0.1) is 10.8 Å². The van der Waals surface area contributed by atoms with E-state index in [4.69, 9.17) is 4.74 Å². The summed E-state index contributed by atoms with van der Waals surface area (Å²) < 4.78 is 6.18. The van der Waals surface area contributed by atoms with Crippen LogP contribution in [0.1, 0.15) is 70.1 Å². The normalized spacial score (nSPS) is 34.5. The van der Waals surface area contributed by atoms with E-state index >= 15 is 0 Å². The molecule has 1 saturated carbocycles. The van der Waals surface area contributed by atoms with Crippen LogP contribution in [0.4, 0.5) is 0 Å². The van der Waals surface area contributed by atoms with Gasteiger partial charge in [0, 0.05) is 19.1 Å². The van der Waals surface area contributed by atoms with Crippen LogP contribution in [0.15, 0.2) is 24.3 Å². The summed E-state index contributed by atoms with van der Waals surface area (Å²) in [4.78, 5) is 2.54. The number of aliphatic hydroxyl groups is 1. The first-order valence-electron chi connectivity index (χ1n) is 10.5. The number of aliphatic hydroxyl groups excluding tert-OH is 1. The van der Waals surface area contributed by atoms with Crippen molar-refractivity contribution < 1.29 is 9.84 Å². The maximum atomic E-state index is 10.7. The molecule has 1 aromatic carbocycles. The zero-order chi connectivity index (χ0) is 18.4. The summed E-state index contributed by atoms with van der Waals surface area (Å²) in [6, 6.07) is 9.26. The number of likely N-dealkylation sites (tertiary alicyclic amines) is 1. The van der Waals surface area contributed by atoms with Crippen molar-refractivity contribution in [3.63, 3.8) is 0 Å². The van der Waals surface area contributed by atoms with E-state index in [0.29, 0.717) is 23.5 Å². The van der Waals surface area contributed by atoms with E-state index in [1.54, 1.807) is 0 Å². The molecule has 1 saturated heterocycles. The first kappa shape index (κ1) is 18.5. The minimum absolute atomic E-state index is 0.156. The number of nitrogens with zero attached hydrogens (tertiary/aromatic N) is 1. The second-order valence-electron chi connectivity index (χ2n) is 10.2. The van der Waals surface area contributed by atoms with Gasteiger partial charge >= 0.3 is 0 Å². The summed E-state index contributed by atoms with van der Waals surface area (Å²) in [7, 11) is 0. The van der Waals surface area contributed by atoms with E-state index in [1.807, 2.05) is 0 Å². The number of aryl methyl sites for hydroxylation is 1. The van der Waals surface area contributed by atoms with Crippen molar-refractivity contribution in [2.75, 3.05) is 19.7 Å². The fraction of sp³-hybridized carbons (Fsp3) is 0.739. The third-order valence-corrected chi connectivity index (χ3v) is 6.77. The number of β-amino-alcohol motifs (C(OH)–C–C–N with tert-alkyl or cyclic N) is 1. The SMILES string of the molecule is CC1(C)CC2CC(C)(CN2CC(O)COC2CCCc3ccccc32)C1. The van der Waals surface area contributed by atoms with Gasteiger partial charge in [-0.2, -0.15) is 0 Å². The third-order valence-electron chi connectivity index (χ3n) is 6.77. The minimum Gasteiger partial charge on any atom is -0.389 e. The van der Waals surface area contributed by atoms with Gasteiger partial charge in [0.25, 0.3) is 0 Å². The Kier molecular flexibility index (Phi) is 4.92. The number of fused-ring (bicyclic) bond motifs is 3. The zero-order valence-electron chi connectivity index (χ0n) is 16.7. The minimum atomic E-state index is -0.393. The van der Waals surface area contributed by atoms with E-state index < -0.39 is 6.10 Å². The number of hydrogen-bond acceptors (Lipinski definition) is 3. The second-order valence-corrected chi connectivity index (χ2v) is 10.2. The molecular weight excluding hydrogens is 322 g/mol. The van der Waals surface area contributed by atoms with Gasteiger partial charge in [0.15, 0.2) is 0 Å². The molecule has 4 rings (SSSR count). The van der Waals surface area contributed by atoms with Crippen molar-refractivity contribution in [1.29, 1.82) is 0 Å². The van der Waals surface area contributed by atoms with Crippen LogP contribution < -0.4 is 0 Å². The molecule has 2 bridgehead atoms. The van der Waals surface area contributed by atoms with E-state index in [2.05, 4.69) is 49.9 Å². The quantitative estimate of drug-likeness (QED) is 0.851. The Bertz CT molecular complexity index is 643. The molecule has 26 heavy (non-hydrogen) atoms. The summed E-state index contributed by atoms with van der Waals surface area (Å²) in [5.74, 6) is 0. The highest BCUT2D eigenvalue weighted by atomic mass is 16.5. The van der Waals surface area contributed by atoms with Crippen LogP contribution in [0.2, 0.25) is 0 Å². The number of ether oxygens (including phenoxy) is 1. The van der Waals surface area contributed by atoms with Crippen molar-refractivity contribution in [1.82, 2.24) is 4.90 Å². The molecule has 2 aliphatic carbocycles. The lowest BCUT2D eigenvalue weighted by Crippen LogP contribution is -2.39. The lowest BCUT2D eigenvalue weighted by Gasteiger charge is -2.40. The van der Waals surface area contributed by atoms with Gasteiger partial charge in [0.2, 0.25) is 0 Å². The maximum absolute atomic E-state index is 10.7. The number of benzene rings is 1. The molecule has 1 heterocycles. The summed E-state index contributed by atoms with van der Waals surface area (Å²) in [5, 5.41) is 10.7. The monoisotopic (exact) mass is 357 g/mol. The van der Waals surface area contributed by atoms with Crippen molar-refractivity contribution in [3.8, 4) is 0 Å². The van der Waals surface area contributed by atoms with E-state index in [9.17, 15) is 5.11 Å². The van der Waals surface area contributed by atoms with E-state index in [1.165, 1.54) is 36.8 Å². The van der Waals surface area contributed by atoms with Crippen LogP contribution in [-0.4, -0.2) is 41.8 Å². The fourth-order valence-electron chi connectivity index (χ4n) is 6.22. The van der Waals surface area contributed by atoms with Crippen molar-refractivity contribution in [2.45, 2.75) is 77.5 Å². The average Bonchev–Trinajstić information content (AvgIpc) is 2.81. The molecule has 0 aromatic heterocycles. The molecule has 4 unspecified atom stereocenters.